The topological polar surface area (TPSA) is 56.5 Å². The molecule has 23 heavy (non-hydrogen) atoms. The molecule has 0 fully saturated rings. The number of hydrogen-bond acceptors (Lipinski definition) is 5. The van der Waals surface area contributed by atoms with Crippen molar-refractivity contribution in [1.29, 1.82) is 0 Å². The maximum atomic E-state index is 11.9. The zero-order valence-corrected chi connectivity index (χ0v) is 14.5. The van der Waals surface area contributed by atoms with E-state index in [0.717, 1.165) is 22.1 Å². The first-order valence-electron chi connectivity index (χ1n) is 7.43. The van der Waals surface area contributed by atoms with Crippen LogP contribution in [0.2, 0.25) is 0 Å². The fraction of sp³-hybridized carbons (Fsp3) is 0.353. The summed E-state index contributed by atoms with van der Waals surface area (Å²) in [6, 6.07) is 10.1. The van der Waals surface area contributed by atoms with Crippen LogP contribution in [0.25, 0.3) is 16.6 Å². The van der Waals surface area contributed by atoms with Gasteiger partial charge >= 0.3 is 5.97 Å². The lowest BCUT2D eigenvalue weighted by Gasteiger charge is -2.19. The smallest absolute Gasteiger partial charge is 0.316 e. The zero-order valence-electron chi connectivity index (χ0n) is 13.7. The largest absolute Gasteiger partial charge is 0.459 e. The molecule has 0 atom stereocenters. The Kier molecular flexibility index (Phi) is 4.02. The quantitative estimate of drug-likeness (QED) is 0.542. The predicted molar refractivity (Wildman–Crippen MR) is 91.8 cm³/mol. The Labute approximate surface area is 139 Å². The molecule has 0 amide bonds. The minimum Gasteiger partial charge on any atom is -0.459 e. The summed E-state index contributed by atoms with van der Waals surface area (Å²) in [7, 11) is 0. The van der Waals surface area contributed by atoms with Crippen LogP contribution in [0.3, 0.4) is 0 Å². The summed E-state index contributed by atoms with van der Waals surface area (Å²) < 4.78 is 7.32. The number of thioether (sulfide) groups is 1. The van der Waals surface area contributed by atoms with E-state index in [1.807, 2.05) is 49.4 Å². The first-order chi connectivity index (χ1) is 10.8. The number of carbonyl (C=O) groups is 1. The number of ether oxygens (including phenoxy) is 1. The van der Waals surface area contributed by atoms with Crippen molar-refractivity contribution in [2.45, 2.75) is 38.5 Å². The monoisotopic (exact) mass is 329 g/mol. The molecule has 2 aromatic heterocycles. The molecule has 0 aliphatic heterocycles. The summed E-state index contributed by atoms with van der Waals surface area (Å²) in [6.07, 6.45) is 0. The molecule has 0 aliphatic rings. The normalized spacial score (nSPS) is 12.0. The minimum atomic E-state index is -0.478. The molecular formula is C17H19N3O2S. The molecule has 0 radical (unpaired) electrons. The van der Waals surface area contributed by atoms with Gasteiger partial charge in [0.25, 0.3) is 0 Å². The molecule has 3 aromatic rings. The van der Waals surface area contributed by atoms with Crippen LogP contribution in [0.4, 0.5) is 0 Å². The highest BCUT2D eigenvalue weighted by Crippen LogP contribution is 2.26. The van der Waals surface area contributed by atoms with E-state index in [4.69, 9.17) is 4.74 Å². The fourth-order valence-electron chi connectivity index (χ4n) is 2.46. The first-order valence-corrected chi connectivity index (χ1v) is 8.42. The van der Waals surface area contributed by atoms with Crippen molar-refractivity contribution < 1.29 is 9.53 Å². The number of hydrogen-bond donors (Lipinski definition) is 0. The fourth-order valence-corrected chi connectivity index (χ4v) is 3.19. The number of pyridine rings is 1. The van der Waals surface area contributed by atoms with Crippen molar-refractivity contribution in [3.05, 3.63) is 35.9 Å². The Morgan fingerprint density at radius 1 is 1.26 bits per heavy atom. The van der Waals surface area contributed by atoms with Gasteiger partial charge in [-0.15, -0.1) is 10.2 Å². The molecule has 0 spiro atoms. The Balaban J connectivity index is 1.93. The molecular weight excluding hydrogens is 310 g/mol. The second-order valence-corrected chi connectivity index (χ2v) is 7.34. The van der Waals surface area contributed by atoms with Gasteiger partial charge in [-0.2, -0.15) is 0 Å². The summed E-state index contributed by atoms with van der Waals surface area (Å²) in [5.41, 5.74) is 2.50. The minimum absolute atomic E-state index is 0.209. The average Bonchev–Trinajstić information content (AvgIpc) is 2.87. The molecule has 0 unspecified atom stereocenters. The third-order valence-corrected chi connectivity index (χ3v) is 4.22. The number of aryl methyl sites for hydroxylation is 1. The lowest BCUT2D eigenvalue weighted by atomic mass is 10.1. The molecule has 120 valence electrons. The van der Waals surface area contributed by atoms with Crippen molar-refractivity contribution in [2.24, 2.45) is 0 Å². The van der Waals surface area contributed by atoms with Gasteiger partial charge in [-0.25, -0.2) is 0 Å². The van der Waals surface area contributed by atoms with Crippen molar-refractivity contribution in [1.82, 2.24) is 14.6 Å². The van der Waals surface area contributed by atoms with Crippen LogP contribution in [0.1, 0.15) is 26.3 Å². The third-order valence-electron chi connectivity index (χ3n) is 3.31. The van der Waals surface area contributed by atoms with Crippen LogP contribution in [0.15, 0.2) is 35.5 Å². The number of esters is 1. The highest BCUT2D eigenvalue weighted by atomic mass is 32.2. The molecule has 0 N–H and O–H groups in total. The molecule has 0 saturated heterocycles. The second kappa shape index (κ2) is 5.85. The van der Waals surface area contributed by atoms with E-state index in [0.29, 0.717) is 5.16 Å². The Morgan fingerprint density at radius 3 is 2.74 bits per heavy atom. The maximum absolute atomic E-state index is 11.9. The van der Waals surface area contributed by atoms with Crippen molar-refractivity contribution in [3.8, 4) is 0 Å². The van der Waals surface area contributed by atoms with E-state index in [2.05, 4.69) is 23.2 Å². The van der Waals surface area contributed by atoms with Crippen LogP contribution in [0.5, 0.6) is 0 Å². The van der Waals surface area contributed by atoms with Gasteiger partial charge in [-0.3, -0.25) is 9.20 Å². The SMILES string of the molecule is Cc1cc2nnc(SCC(=O)OC(C)(C)C)n2c2ccccc12. The third kappa shape index (κ3) is 3.32. The highest BCUT2D eigenvalue weighted by molar-refractivity contribution is 7.99. The predicted octanol–water partition coefficient (Wildman–Crippen LogP) is 3.62. The van der Waals surface area contributed by atoms with E-state index >= 15 is 0 Å². The Hall–Kier alpha value is -2.08. The van der Waals surface area contributed by atoms with Crippen molar-refractivity contribution in [3.63, 3.8) is 0 Å². The zero-order chi connectivity index (χ0) is 16.6. The number of aromatic nitrogens is 3. The van der Waals surface area contributed by atoms with Crippen molar-refractivity contribution in [2.75, 3.05) is 5.75 Å². The Bertz CT molecular complexity index is 881. The number of para-hydroxylation sites is 1. The number of fused-ring (bicyclic) bond motifs is 3. The number of rotatable bonds is 3. The van der Waals surface area contributed by atoms with Gasteiger partial charge in [-0.1, -0.05) is 30.0 Å². The van der Waals surface area contributed by atoms with Gasteiger partial charge in [0.05, 0.1) is 11.3 Å². The summed E-state index contributed by atoms with van der Waals surface area (Å²) in [5.74, 6) is -0.0454. The first kappa shape index (κ1) is 15.8. The van der Waals surface area contributed by atoms with Crippen LogP contribution in [0, 0.1) is 6.92 Å². The van der Waals surface area contributed by atoms with Crippen molar-refractivity contribution >= 4 is 34.3 Å². The molecule has 6 heteroatoms. The van der Waals surface area contributed by atoms with Gasteiger partial charge in [-0.05, 0) is 45.4 Å². The standard InChI is InChI=1S/C17H19N3O2S/c1-11-9-14-18-19-16(23-10-15(21)22-17(2,3)4)20(14)13-8-6-5-7-12(11)13/h5-9H,10H2,1-4H3. The van der Waals surface area contributed by atoms with Gasteiger partial charge < -0.3 is 4.74 Å². The molecule has 5 nitrogen and oxygen atoms in total. The van der Waals surface area contributed by atoms with E-state index in [-0.39, 0.29) is 11.7 Å². The summed E-state index contributed by atoms with van der Waals surface area (Å²) in [4.78, 5) is 11.9. The summed E-state index contributed by atoms with van der Waals surface area (Å²) in [5, 5.41) is 10.3. The van der Waals surface area contributed by atoms with E-state index in [1.54, 1.807) is 0 Å². The average molecular weight is 329 g/mol. The molecule has 0 saturated carbocycles. The second-order valence-electron chi connectivity index (χ2n) is 6.40. The lowest BCUT2D eigenvalue weighted by molar-refractivity contribution is -0.151. The van der Waals surface area contributed by atoms with Crippen LogP contribution >= 0.6 is 11.8 Å². The molecule has 0 bridgehead atoms. The Morgan fingerprint density at radius 2 is 2.00 bits per heavy atom. The van der Waals surface area contributed by atoms with Crippen LogP contribution in [-0.2, 0) is 9.53 Å². The number of nitrogens with zero attached hydrogens (tertiary/aromatic N) is 3. The number of benzene rings is 1. The van der Waals surface area contributed by atoms with Gasteiger partial charge in [0.2, 0.25) is 0 Å². The summed E-state index contributed by atoms with van der Waals surface area (Å²) in [6.45, 7) is 7.64. The van der Waals surface area contributed by atoms with Gasteiger partial charge in [0, 0.05) is 5.39 Å². The van der Waals surface area contributed by atoms with E-state index in [9.17, 15) is 4.79 Å². The lowest BCUT2D eigenvalue weighted by Crippen LogP contribution is -2.25. The molecule has 3 rings (SSSR count). The van der Waals surface area contributed by atoms with Gasteiger partial charge in [0.1, 0.15) is 5.60 Å². The highest BCUT2D eigenvalue weighted by Gasteiger charge is 2.18. The van der Waals surface area contributed by atoms with Gasteiger partial charge in [0.15, 0.2) is 10.8 Å². The maximum Gasteiger partial charge on any atom is 0.316 e. The molecule has 1 aromatic carbocycles. The number of carbonyl (C=O) groups excluding carboxylic acids is 1. The molecule has 2 heterocycles. The van der Waals surface area contributed by atoms with Crippen LogP contribution < -0.4 is 0 Å². The molecule has 0 aliphatic carbocycles. The van der Waals surface area contributed by atoms with Crippen LogP contribution in [-0.4, -0.2) is 31.9 Å². The van der Waals surface area contributed by atoms with E-state index < -0.39 is 5.60 Å². The van der Waals surface area contributed by atoms with E-state index in [1.165, 1.54) is 11.8 Å². The summed E-state index contributed by atoms with van der Waals surface area (Å²) >= 11 is 1.34.